The molecule has 0 aliphatic heterocycles. The fourth-order valence-corrected chi connectivity index (χ4v) is 3.04. The Labute approximate surface area is 157 Å². The lowest BCUT2D eigenvalue weighted by molar-refractivity contribution is -0.385. The van der Waals surface area contributed by atoms with Gasteiger partial charge in [0.2, 0.25) is 5.91 Å². The molecule has 3 rings (SSSR count). The van der Waals surface area contributed by atoms with Gasteiger partial charge in [-0.3, -0.25) is 19.6 Å². The van der Waals surface area contributed by atoms with Crippen molar-refractivity contribution in [2.45, 2.75) is 6.54 Å². The number of aromatic nitrogens is 3. The summed E-state index contributed by atoms with van der Waals surface area (Å²) >= 11 is 1.25. The molecular formula is C16H15N5O5S. The number of rotatable bonds is 7. The van der Waals surface area contributed by atoms with Gasteiger partial charge in [-0.25, -0.2) is 4.98 Å². The highest BCUT2D eigenvalue weighted by Gasteiger charge is 2.15. The molecule has 10 nitrogen and oxygen atoms in total. The minimum atomic E-state index is -0.573. The van der Waals surface area contributed by atoms with Gasteiger partial charge < -0.3 is 14.8 Å². The number of hydrogen-bond acceptors (Lipinski definition) is 8. The van der Waals surface area contributed by atoms with Gasteiger partial charge in [0.15, 0.2) is 5.13 Å². The third kappa shape index (κ3) is 4.20. The predicted octanol–water partition coefficient (Wildman–Crippen LogP) is 2.57. The summed E-state index contributed by atoms with van der Waals surface area (Å²) < 4.78 is 11.8. The summed E-state index contributed by atoms with van der Waals surface area (Å²) in [5.41, 5.74) is 1.18. The quantitative estimate of drug-likeness (QED) is 0.487. The van der Waals surface area contributed by atoms with Gasteiger partial charge in [-0.1, -0.05) is 0 Å². The van der Waals surface area contributed by atoms with Crippen LogP contribution in [0, 0.1) is 10.1 Å². The molecule has 2 heterocycles. The minimum absolute atomic E-state index is 0.161. The van der Waals surface area contributed by atoms with E-state index in [1.54, 1.807) is 37.8 Å². The summed E-state index contributed by atoms with van der Waals surface area (Å²) in [6.45, 7) is -0.161. The number of nitro groups is 1. The molecular weight excluding hydrogens is 374 g/mol. The van der Waals surface area contributed by atoms with Crippen LogP contribution in [0.25, 0.3) is 11.3 Å². The Bertz CT molecular complexity index is 983. The Hall–Kier alpha value is -3.47. The van der Waals surface area contributed by atoms with Crippen LogP contribution in [0.15, 0.2) is 36.0 Å². The molecule has 1 N–H and O–H groups in total. The molecule has 27 heavy (non-hydrogen) atoms. The number of amides is 1. The highest BCUT2D eigenvalue weighted by molar-refractivity contribution is 7.14. The number of ether oxygens (including phenoxy) is 2. The van der Waals surface area contributed by atoms with Gasteiger partial charge in [-0.2, -0.15) is 5.10 Å². The molecule has 0 aliphatic carbocycles. The van der Waals surface area contributed by atoms with Crippen LogP contribution in [-0.4, -0.2) is 39.8 Å². The van der Waals surface area contributed by atoms with Crippen LogP contribution >= 0.6 is 11.3 Å². The normalized spacial score (nSPS) is 10.4. The maximum Gasteiger partial charge on any atom is 0.307 e. The molecule has 0 bridgehead atoms. The minimum Gasteiger partial charge on any atom is -0.497 e. The molecule has 0 unspecified atom stereocenters. The van der Waals surface area contributed by atoms with Gasteiger partial charge >= 0.3 is 5.69 Å². The van der Waals surface area contributed by atoms with E-state index in [2.05, 4.69) is 15.4 Å². The van der Waals surface area contributed by atoms with Crippen LogP contribution in [0.4, 0.5) is 10.8 Å². The molecule has 0 radical (unpaired) electrons. The Kier molecular flexibility index (Phi) is 5.31. The molecule has 140 valence electrons. The van der Waals surface area contributed by atoms with Crippen molar-refractivity contribution in [2.75, 3.05) is 19.5 Å². The Morgan fingerprint density at radius 1 is 1.37 bits per heavy atom. The fraction of sp³-hybridized carbons (Fsp3) is 0.188. The first kappa shape index (κ1) is 18.3. The smallest absolute Gasteiger partial charge is 0.307 e. The number of carbonyl (C=O) groups is 1. The van der Waals surface area contributed by atoms with Crippen LogP contribution in [-0.2, 0) is 11.3 Å². The topological polar surface area (TPSA) is 121 Å². The van der Waals surface area contributed by atoms with Crippen molar-refractivity contribution in [3.63, 3.8) is 0 Å². The first-order valence-electron chi connectivity index (χ1n) is 7.64. The number of carbonyl (C=O) groups excluding carboxylic acids is 1. The molecule has 11 heteroatoms. The van der Waals surface area contributed by atoms with Crippen molar-refractivity contribution >= 4 is 28.1 Å². The van der Waals surface area contributed by atoms with E-state index in [0.717, 1.165) is 11.8 Å². The van der Waals surface area contributed by atoms with E-state index in [1.807, 2.05) is 0 Å². The lowest BCUT2D eigenvalue weighted by Crippen LogP contribution is -2.18. The van der Waals surface area contributed by atoms with E-state index in [9.17, 15) is 14.9 Å². The van der Waals surface area contributed by atoms with E-state index in [1.165, 1.54) is 22.2 Å². The maximum atomic E-state index is 12.1. The summed E-state index contributed by atoms with van der Waals surface area (Å²) in [6.07, 6.45) is 2.28. The monoisotopic (exact) mass is 389 g/mol. The summed E-state index contributed by atoms with van der Waals surface area (Å²) in [4.78, 5) is 26.6. The summed E-state index contributed by atoms with van der Waals surface area (Å²) in [7, 11) is 3.13. The van der Waals surface area contributed by atoms with E-state index in [-0.39, 0.29) is 12.2 Å². The van der Waals surface area contributed by atoms with Crippen LogP contribution in [0.2, 0.25) is 0 Å². The van der Waals surface area contributed by atoms with Crippen molar-refractivity contribution in [3.05, 3.63) is 46.1 Å². The van der Waals surface area contributed by atoms with Crippen molar-refractivity contribution in [1.29, 1.82) is 0 Å². The first-order chi connectivity index (χ1) is 13.0. The van der Waals surface area contributed by atoms with Crippen molar-refractivity contribution in [3.8, 4) is 22.8 Å². The van der Waals surface area contributed by atoms with Gasteiger partial charge in [0.1, 0.15) is 30.4 Å². The highest BCUT2D eigenvalue weighted by Crippen LogP contribution is 2.35. The average molecular weight is 389 g/mol. The number of nitrogens with zero attached hydrogens (tertiary/aromatic N) is 4. The molecule has 0 atom stereocenters. The standard InChI is InChI=1S/C16H15N5O5S/c1-25-11-3-4-14(26-2)12(5-11)13-9-27-16(18-13)19-15(22)8-20-7-10(6-17-20)21(23)24/h3-7,9H,8H2,1-2H3,(H,18,19,22). The van der Waals surface area contributed by atoms with E-state index < -0.39 is 10.8 Å². The number of benzene rings is 1. The van der Waals surface area contributed by atoms with Crippen molar-refractivity contribution in [2.24, 2.45) is 0 Å². The lowest BCUT2D eigenvalue weighted by atomic mass is 10.1. The zero-order valence-corrected chi connectivity index (χ0v) is 15.2. The van der Waals surface area contributed by atoms with Gasteiger partial charge in [0.05, 0.1) is 24.8 Å². The van der Waals surface area contributed by atoms with E-state index in [4.69, 9.17) is 9.47 Å². The second-order valence-electron chi connectivity index (χ2n) is 5.31. The maximum absolute atomic E-state index is 12.1. The van der Waals surface area contributed by atoms with E-state index in [0.29, 0.717) is 22.3 Å². The molecule has 3 aromatic rings. The molecule has 0 fully saturated rings. The number of anilines is 1. The van der Waals surface area contributed by atoms with Gasteiger partial charge in [0, 0.05) is 10.9 Å². The molecule has 1 aromatic carbocycles. The van der Waals surface area contributed by atoms with Gasteiger partial charge in [-0.15, -0.1) is 11.3 Å². The van der Waals surface area contributed by atoms with Crippen LogP contribution < -0.4 is 14.8 Å². The van der Waals surface area contributed by atoms with Crippen molar-refractivity contribution < 1.29 is 19.2 Å². The molecule has 0 saturated heterocycles. The zero-order chi connectivity index (χ0) is 19.4. The highest BCUT2D eigenvalue weighted by atomic mass is 32.1. The Morgan fingerprint density at radius 2 is 2.19 bits per heavy atom. The number of hydrogen-bond donors (Lipinski definition) is 1. The SMILES string of the molecule is COc1ccc(OC)c(-c2csc(NC(=O)Cn3cc([N+](=O)[O-])cn3)n2)c1. The Morgan fingerprint density at radius 3 is 2.85 bits per heavy atom. The molecule has 0 spiro atoms. The third-order valence-corrected chi connectivity index (χ3v) is 4.33. The molecule has 0 saturated carbocycles. The van der Waals surface area contributed by atoms with Crippen molar-refractivity contribution in [1.82, 2.24) is 14.8 Å². The summed E-state index contributed by atoms with van der Waals surface area (Å²) in [6, 6.07) is 5.35. The fourth-order valence-electron chi connectivity index (χ4n) is 2.31. The third-order valence-electron chi connectivity index (χ3n) is 3.57. The zero-order valence-electron chi connectivity index (χ0n) is 14.4. The number of nitrogens with one attached hydrogen (secondary N) is 1. The molecule has 1 amide bonds. The Balaban J connectivity index is 1.72. The van der Waals surface area contributed by atoms with E-state index >= 15 is 0 Å². The van der Waals surface area contributed by atoms with Crippen LogP contribution in [0.3, 0.4) is 0 Å². The van der Waals surface area contributed by atoms with Crippen LogP contribution in [0.5, 0.6) is 11.5 Å². The summed E-state index contributed by atoms with van der Waals surface area (Å²) in [5, 5.41) is 19.3. The van der Waals surface area contributed by atoms with Gasteiger partial charge in [-0.05, 0) is 18.2 Å². The second kappa shape index (κ2) is 7.83. The average Bonchev–Trinajstić information content (AvgIpc) is 3.30. The molecule has 2 aromatic heterocycles. The summed E-state index contributed by atoms with van der Waals surface area (Å²) in [5.74, 6) is 0.888. The van der Waals surface area contributed by atoms with Gasteiger partial charge in [0.25, 0.3) is 0 Å². The lowest BCUT2D eigenvalue weighted by Gasteiger charge is -2.08. The predicted molar refractivity (Wildman–Crippen MR) is 98.2 cm³/mol. The second-order valence-corrected chi connectivity index (χ2v) is 6.16. The largest absolute Gasteiger partial charge is 0.497 e. The first-order valence-corrected chi connectivity index (χ1v) is 8.52. The number of thiazole rings is 1. The number of methoxy groups -OCH3 is 2. The molecule has 0 aliphatic rings. The van der Waals surface area contributed by atoms with Crippen LogP contribution in [0.1, 0.15) is 0 Å².